The number of rotatable bonds is 4. The molecule has 0 bridgehead atoms. The Labute approximate surface area is 172 Å². The summed E-state index contributed by atoms with van der Waals surface area (Å²) in [5, 5.41) is 12.6. The molecule has 1 aromatic heterocycles. The van der Waals surface area contributed by atoms with E-state index in [1.165, 1.54) is 12.3 Å². The maximum Gasteiger partial charge on any atom is 0.511 e. The number of piperidine rings is 1. The van der Waals surface area contributed by atoms with Gasteiger partial charge in [0.15, 0.2) is 5.75 Å². The normalized spacial score (nSPS) is 23.4. The number of benzene rings is 1. The molecular formula is C22H24FN3O4. The molecule has 5 rings (SSSR count). The third kappa shape index (κ3) is 3.06. The molecule has 2 saturated heterocycles. The van der Waals surface area contributed by atoms with Crippen molar-refractivity contribution in [1.82, 2.24) is 9.88 Å². The van der Waals surface area contributed by atoms with Gasteiger partial charge in [0.05, 0.1) is 22.8 Å². The number of anilines is 1. The minimum atomic E-state index is -1.57. The highest BCUT2D eigenvalue weighted by Gasteiger charge is 2.37. The summed E-state index contributed by atoms with van der Waals surface area (Å²) in [5.41, 5.74) is 1.01. The van der Waals surface area contributed by atoms with Gasteiger partial charge in [0.25, 0.3) is 0 Å². The van der Waals surface area contributed by atoms with Gasteiger partial charge in [0, 0.05) is 30.7 Å². The van der Waals surface area contributed by atoms with Crippen molar-refractivity contribution in [3.05, 3.63) is 40.4 Å². The lowest BCUT2D eigenvalue weighted by Gasteiger charge is -2.25. The minimum Gasteiger partial charge on any atom is -0.449 e. The van der Waals surface area contributed by atoms with Crippen LogP contribution in [0.5, 0.6) is 5.75 Å². The van der Waals surface area contributed by atoms with Crippen molar-refractivity contribution in [3.63, 3.8) is 0 Å². The number of carbonyl (C=O) groups is 1. The highest BCUT2D eigenvalue weighted by molar-refractivity contribution is 5.95. The number of aromatic nitrogens is 1. The van der Waals surface area contributed by atoms with Gasteiger partial charge in [-0.05, 0) is 44.2 Å². The molecule has 0 amide bonds. The van der Waals surface area contributed by atoms with E-state index in [2.05, 4.69) is 16.8 Å². The second-order valence-electron chi connectivity index (χ2n) is 8.42. The van der Waals surface area contributed by atoms with Gasteiger partial charge >= 0.3 is 6.16 Å². The summed E-state index contributed by atoms with van der Waals surface area (Å²) in [5.74, 6) is -0.327. The fourth-order valence-corrected chi connectivity index (χ4v) is 5.03. The Balaban J connectivity index is 1.71. The molecule has 3 heterocycles. The van der Waals surface area contributed by atoms with Crippen molar-refractivity contribution in [3.8, 4) is 5.75 Å². The zero-order chi connectivity index (χ0) is 21.0. The molecule has 158 valence electrons. The van der Waals surface area contributed by atoms with Crippen molar-refractivity contribution >= 4 is 28.8 Å². The number of ether oxygens (including phenoxy) is 1. The number of hydrogen-bond donors (Lipinski definition) is 2. The van der Waals surface area contributed by atoms with Crippen molar-refractivity contribution < 1.29 is 19.0 Å². The second-order valence-corrected chi connectivity index (χ2v) is 8.42. The molecule has 0 unspecified atom stereocenters. The fourth-order valence-electron chi connectivity index (χ4n) is 5.03. The van der Waals surface area contributed by atoms with E-state index in [0.29, 0.717) is 35.3 Å². The van der Waals surface area contributed by atoms with E-state index in [9.17, 15) is 9.59 Å². The van der Waals surface area contributed by atoms with Gasteiger partial charge < -0.3 is 24.6 Å². The monoisotopic (exact) mass is 413 g/mol. The lowest BCUT2D eigenvalue weighted by atomic mass is 9.94. The van der Waals surface area contributed by atoms with Crippen LogP contribution in [-0.4, -0.2) is 41.5 Å². The largest absolute Gasteiger partial charge is 0.511 e. The van der Waals surface area contributed by atoms with Crippen LogP contribution in [0.25, 0.3) is 17.0 Å². The molecule has 3 fully saturated rings. The van der Waals surface area contributed by atoms with Gasteiger partial charge in [-0.3, -0.25) is 4.79 Å². The fraction of sp³-hybridized carbons (Fsp3) is 0.455. The Bertz CT molecular complexity index is 1090. The molecular weight excluding hydrogens is 389 g/mol. The number of fused-ring (bicyclic) bond motifs is 2. The van der Waals surface area contributed by atoms with Crippen LogP contribution in [0.4, 0.5) is 14.9 Å². The van der Waals surface area contributed by atoms with Crippen LogP contribution in [0, 0.1) is 11.7 Å². The molecule has 1 saturated carbocycles. The minimum absolute atomic E-state index is 0.117. The van der Waals surface area contributed by atoms with Gasteiger partial charge in [-0.25, -0.2) is 9.18 Å². The summed E-state index contributed by atoms with van der Waals surface area (Å²) in [4.78, 5) is 26.0. The first kappa shape index (κ1) is 19.1. The molecule has 7 nitrogen and oxygen atoms in total. The lowest BCUT2D eigenvalue weighted by molar-refractivity contribution is 0.143. The molecule has 2 aliphatic heterocycles. The van der Waals surface area contributed by atoms with E-state index in [4.69, 9.17) is 9.84 Å². The Hall–Kier alpha value is -2.87. The van der Waals surface area contributed by atoms with Crippen LogP contribution >= 0.6 is 0 Å². The Morgan fingerprint density at radius 1 is 1.33 bits per heavy atom. The number of nitrogens with one attached hydrogen (secondary N) is 1. The first-order valence-corrected chi connectivity index (χ1v) is 10.4. The van der Waals surface area contributed by atoms with Gasteiger partial charge in [0.1, 0.15) is 5.82 Å². The smallest absolute Gasteiger partial charge is 0.449 e. The molecule has 8 heteroatoms. The molecule has 0 spiro atoms. The summed E-state index contributed by atoms with van der Waals surface area (Å²) in [6.45, 7) is 6.37. The van der Waals surface area contributed by atoms with Crippen LogP contribution in [0.2, 0.25) is 0 Å². The predicted molar refractivity (Wildman–Crippen MR) is 112 cm³/mol. The average molecular weight is 413 g/mol. The molecule has 0 radical (unpaired) electrons. The van der Waals surface area contributed by atoms with Crippen LogP contribution < -0.4 is 20.4 Å². The number of carboxylic acid groups (broad SMARTS) is 1. The van der Waals surface area contributed by atoms with E-state index in [1.54, 1.807) is 6.08 Å². The van der Waals surface area contributed by atoms with E-state index >= 15 is 4.39 Å². The summed E-state index contributed by atoms with van der Waals surface area (Å²) in [6.07, 6.45) is 5.54. The highest BCUT2D eigenvalue weighted by Crippen LogP contribution is 2.42. The summed E-state index contributed by atoms with van der Waals surface area (Å²) in [7, 11) is 0. The van der Waals surface area contributed by atoms with Crippen molar-refractivity contribution in [1.29, 1.82) is 0 Å². The Morgan fingerprint density at radius 3 is 2.80 bits per heavy atom. The topological polar surface area (TPSA) is 83.8 Å². The molecule has 1 aromatic carbocycles. The molecule has 2 N–H and O–H groups in total. The number of pyridine rings is 1. The number of hydrogen-bond acceptors (Lipinski definition) is 5. The summed E-state index contributed by atoms with van der Waals surface area (Å²) in [6, 6.07) is 1.69. The van der Waals surface area contributed by atoms with Gasteiger partial charge in [0.2, 0.25) is 5.43 Å². The summed E-state index contributed by atoms with van der Waals surface area (Å²) >= 11 is 0. The Kier molecular flexibility index (Phi) is 4.54. The first-order chi connectivity index (χ1) is 14.5. The van der Waals surface area contributed by atoms with Crippen LogP contribution in [-0.2, 0) is 0 Å². The molecule has 3 aliphatic rings. The number of nitrogens with zero attached hydrogens (tertiary/aromatic N) is 2. The van der Waals surface area contributed by atoms with Gasteiger partial charge in [-0.15, -0.1) is 0 Å². The number of halogens is 1. The van der Waals surface area contributed by atoms with E-state index in [1.807, 2.05) is 4.57 Å². The van der Waals surface area contributed by atoms with Crippen LogP contribution in [0.1, 0.15) is 37.3 Å². The van der Waals surface area contributed by atoms with E-state index in [-0.39, 0.29) is 17.2 Å². The van der Waals surface area contributed by atoms with Crippen molar-refractivity contribution in [2.75, 3.05) is 24.5 Å². The first-order valence-electron chi connectivity index (χ1n) is 10.4. The van der Waals surface area contributed by atoms with Gasteiger partial charge in [-0.2, -0.15) is 0 Å². The third-order valence-electron chi connectivity index (χ3n) is 6.50. The zero-order valence-electron chi connectivity index (χ0n) is 16.6. The van der Waals surface area contributed by atoms with Crippen LogP contribution in [0.3, 0.4) is 0 Å². The SMILES string of the molecule is C=Cc1c(N2C[C@@H]3CCCN[C@@H]3C2)c(F)cc2c(=O)c(OC(=O)O)cn(C3CC3)c12. The average Bonchev–Trinajstić information content (AvgIpc) is 3.47. The zero-order valence-corrected chi connectivity index (χ0v) is 16.6. The molecule has 2 atom stereocenters. The van der Waals surface area contributed by atoms with E-state index < -0.39 is 17.4 Å². The molecule has 1 aliphatic carbocycles. The summed E-state index contributed by atoms with van der Waals surface area (Å²) < 4.78 is 22.0. The second kappa shape index (κ2) is 7.12. The predicted octanol–water partition coefficient (Wildman–Crippen LogP) is 3.36. The third-order valence-corrected chi connectivity index (χ3v) is 6.50. The maximum absolute atomic E-state index is 15.4. The molecule has 2 aromatic rings. The standard InChI is InChI=1S/C22H24FN3O4/c1-2-14-19-15(21(27)18(30-22(28)29)11-26(19)13-5-6-13)8-16(23)20(14)25-9-12-4-3-7-24-17(12)10-25/h2,8,11-13,17,24H,1,3-7,9-10H2,(H,28,29)/t12-,17+/m0/s1. The van der Waals surface area contributed by atoms with Gasteiger partial charge in [-0.1, -0.05) is 12.7 Å². The maximum atomic E-state index is 15.4. The van der Waals surface area contributed by atoms with Crippen molar-refractivity contribution in [2.45, 2.75) is 37.8 Å². The van der Waals surface area contributed by atoms with Crippen molar-refractivity contribution in [2.24, 2.45) is 5.92 Å². The highest BCUT2D eigenvalue weighted by atomic mass is 19.1. The quantitative estimate of drug-likeness (QED) is 0.748. The Morgan fingerprint density at radius 2 is 2.13 bits per heavy atom. The molecule has 30 heavy (non-hydrogen) atoms. The van der Waals surface area contributed by atoms with E-state index in [0.717, 1.165) is 38.8 Å². The van der Waals surface area contributed by atoms with Crippen LogP contribution in [0.15, 0.2) is 23.6 Å². The lowest BCUT2D eigenvalue weighted by Crippen LogP contribution is -2.40.